The predicted octanol–water partition coefficient (Wildman–Crippen LogP) is 4.17. The topological polar surface area (TPSA) is 38.9 Å². The van der Waals surface area contributed by atoms with Crippen molar-refractivity contribution in [3.8, 4) is 0 Å². The van der Waals surface area contributed by atoms with Gasteiger partial charge in [0.05, 0.1) is 5.69 Å². The molecule has 0 spiro atoms. The van der Waals surface area contributed by atoms with E-state index in [0.29, 0.717) is 16.1 Å². The zero-order chi connectivity index (χ0) is 12.4. The van der Waals surface area contributed by atoms with Crippen LogP contribution in [0.1, 0.15) is 5.69 Å². The molecular formula is C13H9ClN2OS. The van der Waals surface area contributed by atoms with Gasteiger partial charge in [-0.1, -0.05) is 41.6 Å². The number of rotatable bonds is 3. The molecule has 5 heteroatoms. The van der Waals surface area contributed by atoms with Gasteiger partial charge < -0.3 is 4.42 Å². The predicted molar refractivity (Wildman–Crippen MR) is 72.8 cm³/mol. The molecule has 0 bridgehead atoms. The summed E-state index contributed by atoms with van der Waals surface area (Å²) in [5.41, 5.74) is 2.59. The first-order chi connectivity index (χ1) is 8.81. The molecule has 0 fully saturated rings. The Kier molecular flexibility index (Phi) is 3.21. The highest BCUT2D eigenvalue weighted by atomic mass is 35.5. The van der Waals surface area contributed by atoms with Gasteiger partial charge in [-0.15, -0.1) is 0 Å². The third kappa shape index (κ3) is 2.49. The van der Waals surface area contributed by atoms with Crippen LogP contribution in [0, 0.1) is 0 Å². The molecule has 0 aliphatic carbocycles. The second kappa shape index (κ2) is 5.00. The number of oxazole rings is 1. The summed E-state index contributed by atoms with van der Waals surface area (Å²) < 4.78 is 5.61. The van der Waals surface area contributed by atoms with E-state index >= 15 is 0 Å². The van der Waals surface area contributed by atoms with E-state index in [-0.39, 0.29) is 0 Å². The van der Waals surface area contributed by atoms with Crippen LogP contribution in [0.15, 0.2) is 52.1 Å². The second-order valence-electron chi connectivity index (χ2n) is 3.69. The van der Waals surface area contributed by atoms with Crippen LogP contribution in [0.25, 0.3) is 11.1 Å². The molecule has 0 unspecified atom stereocenters. The quantitative estimate of drug-likeness (QED) is 0.532. The van der Waals surface area contributed by atoms with E-state index in [2.05, 4.69) is 9.97 Å². The average Bonchev–Trinajstić information content (AvgIpc) is 2.79. The van der Waals surface area contributed by atoms with E-state index in [1.165, 1.54) is 11.8 Å². The Balaban J connectivity index is 1.76. The number of hydrogen-bond acceptors (Lipinski definition) is 4. The molecule has 3 aromatic rings. The van der Waals surface area contributed by atoms with Crippen LogP contribution >= 0.6 is 23.4 Å². The molecule has 90 valence electrons. The number of hydrogen-bond donors (Lipinski definition) is 0. The van der Waals surface area contributed by atoms with E-state index in [0.717, 1.165) is 16.8 Å². The maximum atomic E-state index is 5.83. The molecule has 0 aliphatic rings. The molecule has 2 aromatic heterocycles. The van der Waals surface area contributed by atoms with Gasteiger partial charge in [-0.25, -0.2) is 9.97 Å². The molecule has 18 heavy (non-hydrogen) atoms. The summed E-state index contributed by atoms with van der Waals surface area (Å²) >= 11 is 7.34. The van der Waals surface area contributed by atoms with Crippen LogP contribution in [0.5, 0.6) is 0 Å². The lowest BCUT2D eigenvalue weighted by molar-refractivity contribution is 0.489. The second-order valence-corrected chi connectivity index (χ2v) is 5.00. The van der Waals surface area contributed by atoms with Crippen molar-refractivity contribution in [1.82, 2.24) is 9.97 Å². The number of halogens is 1. The van der Waals surface area contributed by atoms with Crippen LogP contribution in [-0.2, 0) is 5.75 Å². The molecule has 0 amide bonds. The standard InChI is InChI=1S/C13H9ClN2OS/c14-12-7-3-4-9(15-12)8-18-13-16-10-5-1-2-6-11(10)17-13/h1-7H,8H2. The molecule has 0 N–H and O–H groups in total. The lowest BCUT2D eigenvalue weighted by atomic mass is 10.3. The molecular weight excluding hydrogens is 268 g/mol. The summed E-state index contributed by atoms with van der Waals surface area (Å²) in [5.74, 6) is 0.688. The van der Waals surface area contributed by atoms with Crippen molar-refractivity contribution in [3.63, 3.8) is 0 Å². The minimum atomic E-state index is 0.505. The van der Waals surface area contributed by atoms with Crippen molar-refractivity contribution in [2.45, 2.75) is 11.0 Å². The normalized spacial score (nSPS) is 10.9. The Labute approximate surface area is 113 Å². The Bertz CT molecular complexity index is 650. The lowest BCUT2D eigenvalue weighted by Crippen LogP contribution is -1.86. The Hall–Kier alpha value is -1.52. The van der Waals surface area contributed by atoms with Crippen LogP contribution in [0.2, 0.25) is 5.15 Å². The van der Waals surface area contributed by atoms with Crippen LogP contribution in [0.4, 0.5) is 0 Å². The molecule has 1 aromatic carbocycles. The van der Waals surface area contributed by atoms with Gasteiger partial charge in [-0.05, 0) is 24.3 Å². The van der Waals surface area contributed by atoms with Crippen molar-refractivity contribution in [2.24, 2.45) is 0 Å². The van der Waals surface area contributed by atoms with Gasteiger partial charge in [0.2, 0.25) is 0 Å². The summed E-state index contributed by atoms with van der Waals surface area (Å²) in [5, 5.41) is 1.16. The van der Waals surface area contributed by atoms with Crippen molar-refractivity contribution >= 4 is 34.5 Å². The lowest BCUT2D eigenvalue weighted by Gasteiger charge is -1.97. The van der Waals surface area contributed by atoms with E-state index in [4.69, 9.17) is 16.0 Å². The number of pyridine rings is 1. The first kappa shape index (κ1) is 11.6. The largest absolute Gasteiger partial charge is 0.431 e. The van der Waals surface area contributed by atoms with E-state index in [1.54, 1.807) is 6.07 Å². The zero-order valence-corrected chi connectivity index (χ0v) is 10.9. The molecule has 3 rings (SSSR count). The SMILES string of the molecule is Clc1cccc(CSc2nc3ccccc3o2)n1. The van der Waals surface area contributed by atoms with Gasteiger partial charge in [0.1, 0.15) is 10.7 Å². The highest BCUT2D eigenvalue weighted by Crippen LogP contribution is 2.25. The smallest absolute Gasteiger partial charge is 0.257 e. The van der Waals surface area contributed by atoms with Crippen molar-refractivity contribution in [3.05, 3.63) is 53.3 Å². The fourth-order valence-electron chi connectivity index (χ4n) is 1.58. The third-order valence-corrected chi connectivity index (χ3v) is 3.46. The molecule has 0 atom stereocenters. The van der Waals surface area contributed by atoms with Crippen LogP contribution in [-0.4, -0.2) is 9.97 Å². The van der Waals surface area contributed by atoms with Gasteiger partial charge in [0.15, 0.2) is 5.58 Å². The Morgan fingerprint density at radius 1 is 1.06 bits per heavy atom. The first-order valence-corrected chi connectivity index (χ1v) is 6.77. The van der Waals surface area contributed by atoms with E-state index in [1.807, 2.05) is 36.4 Å². The van der Waals surface area contributed by atoms with Crippen molar-refractivity contribution < 1.29 is 4.42 Å². The van der Waals surface area contributed by atoms with E-state index < -0.39 is 0 Å². The fraction of sp³-hybridized carbons (Fsp3) is 0.0769. The van der Waals surface area contributed by atoms with Gasteiger partial charge in [-0.3, -0.25) is 0 Å². The summed E-state index contributed by atoms with van der Waals surface area (Å²) in [4.78, 5) is 8.60. The maximum Gasteiger partial charge on any atom is 0.257 e. The highest BCUT2D eigenvalue weighted by Gasteiger charge is 2.06. The summed E-state index contributed by atoms with van der Waals surface area (Å²) in [6.07, 6.45) is 0. The summed E-state index contributed by atoms with van der Waals surface area (Å²) in [7, 11) is 0. The zero-order valence-electron chi connectivity index (χ0n) is 9.34. The van der Waals surface area contributed by atoms with Gasteiger partial charge in [0, 0.05) is 5.75 Å². The number of para-hydroxylation sites is 2. The molecule has 0 radical (unpaired) electrons. The van der Waals surface area contributed by atoms with Gasteiger partial charge in [-0.2, -0.15) is 0 Å². The number of fused-ring (bicyclic) bond motifs is 1. The average molecular weight is 277 g/mol. The number of nitrogens with zero attached hydrogens (tertiary/aromatic N) is 2. The fourth-order valence-corrected chi connectivity index (χ4v) is 2.50. The molecule has 0 aliphatic heterocycles. The maximum absolute atomic E-state index is 5.83. The third-order valence-electron chi connectivity index (χ3n) is 2.39. The highest BCUT2D eigenvalue weighted by molar-refractivity contribution is 7.98. The monoisotopic (exact) mass is 276 g/mol. The first-order valence-electron chi connectivity index (χ1n) is 5.41. The molecule has 2 heterocycles. The number of benzene rings is 1. The number of aromatic nitrogens is 2. The Morgan fingerprint density at radius 2 is 1.94 bits per heavy atom. The molecule has 3 nitrogen and oxygen atoms in total. The van der Waals surface area contributed by atoms with Crippen LogP contribution in [0.3, 0.4) is 0 Å². The van der Waals surface area contributed by atoms with Crippen molar-refractivity contribution in [1.29, 1.82) is 0 Å². The minimum absolute atomic E-state index is 0.505. The summed E-state index contributed by atoms with van der Waals surface area (Å²) in [6.45, 7) is 0. The van der Waals surface area contributed by atoms with Gasteiger partial charge >= 0.3 is 0 Å². The Morgan fingerprint density at radius 3 is 2.78 bits per heavy atom. The van der Waals surface area contributed by atoms with Crippen molar-refractivity contribution in [2.75, 3.05) is 0 Å². The summed E-state index contributed by atoms with van der Waals surface area (Å²) in [6, 6.07) is 13.3. The van der Waals surface area contributed by atoms with Gasteiger partial charge in [0.25, 0.3) is 5.22 Å². The van der Waals surface area contributed by atoms with E-state index in [9.17, 15) is 0 Å². The number of thioether (sulfide) groups is 1. The molecule has 0 saturated heterocycles. The minimum Gasteiger partial charge on any atom is -0.431 e. The van der Waals surface area contributed by atoms with Crippen LogP contribution < -0.4 is 0 Å². The molecule has 0 saturated carbocycles.